The van der Waals surface area contributed by atoms with Gasteiger partial charge in [0, 0.05) is 11.1 Å². The number of hydrogen-bond donors (Lipinski definition) is 0. The van der Waals surface area contributed by atoms with Gasteiger partial charge in [0.05, 0.1) is 19.8 Å². The van der Waals surface area contributed by atoms with E-state index in [4.69, 9.17) is 25.8 Å². The van der Waals surface area contributed by atoms with E-state index in [1.165, 1.54) is 7.11 Å². The van der Waals surface area contributed by atoms with Gasteiger partial charge in [-0.25, -0.2) is 0 Å². The van der Waals surface area contributed by atoms with E-state index in [0.29, 0.717) is 35.0 Å². The second-order valence-corrected chi connectivity index (χ2v) is 4.72. The van der Waals surface area contributed by atoms with Gasteiger partial charge in [-0.05, 0) is 23.8 Å². The molecule has 2 aromatic rings. The SMILES string of the molecule is COc1ccc(COc2c(C=O)cc(Cl)cc2OC)cc1. The molecule has 2 rings (SSSR count). The number of methoxy groups -OCH3 is 2. The lowest BCUT2D eigenvalue weighted by atomic mass is 10.2. The quantitative estimate of drug-likeness (QED) is 0.762. The lowest BCUT2D eigenvalue weighted by molar-refractivity contribution is 0.111. The summed E-state index contributed by atoms with van der Waals surface area (Å²) in [5.41, 5.74) is 1.30. The smallest absolute Gasteiger partial charge is 0.172 e. The molecular formula is C16H15ClO4. The highest BCUT2D eigenvalue weighted by molar-refractivity contribution is 6.31. The number of ether oxygens (including phenoxy) is 3. The van der Waals surface area contributed by atoms with Crippen molar-refractivity contribution in [1.29, 1.82) is 0 Å². The van der Waals surface area contributed by atoms with Crippen molar-refractivity contribution in [3.63, 3.8) is 0 Å². The van der Waals surface area contributed by atoms with E-state index in [0.717, 1.165) is 11.3 Å². The molecule has 0 aliphatic heterocycles. The molecule has 0 amide bonds. The van der Waals surface area contributed by atoms with Gasteiger partial charge in [0.1, 0.15) is 12.4 Å². The Morgan fingerprint density at radius 3 is 2.38 bits per heavy atom. The Hall–Kier alpha value is -2.20. The monoisotopic (exact) mass is 306 g/mol. The lowest BCUT2D eigenvalue weighted by Crippen LogP contribution is -2.01. The molecule has 0 saturated heterocycles. The fraction of sp³-hybridized carbons (Fsp3) is 0.188. The van der Waals surface area contributed by atoms with Gasteiger partial charge in [-0.1, -0.05) is 23.7 Å². The number of rotatable bonds is 6. The molecule has 0 aromatic heterocycles. The van der Waals surface area contributed by atoms with Crippen LogP contribution in [0.1, 0.15) is 15.9 Å². The minimum absolute atomic E-state index is 0.308. The standard InChI is InChI=1S/C16H15ClO4/c1-19-14-5-3-11(4-6-14)10-21-16-12(9-18)7-13(17)8-15(16)20-2/h3-9H,10H2,1-2H3. The fourth-order valence-corrected chi connectivity index (χ4v) is 2.08. The summed E-state index contributed by atoms with van der Waals surface area (Å²) in [6.07, 6.45) is 0.692. The van der Waals surface area contributed by atoms with Gasteiger partial charge in [0.15, 0.2) is 17.8 Å². The first-order chi connectivity index (χ1) is 10.2. The molecular weight excluding hydrogens is 292 g/mol. The topological polar surface area (TPSA) is 44.8 Å². The minimum atomic E-state index is 0.308. The van der Waals surface area contributed by atoms with Crippen LogP contribution in [0.15, 0.2) is 36.4 Å². The average Bonchev–Trinajstić information content (AvgIpc) is 2.53. The number of halogens is 1. The van der Waals surface area contributed by atoms with Crippen molar-refractivity contribution in [2.24, 2.45) is 0 Å². The fourth-order valence-electron chi connectivity index (χ4n) is 1.86. The largest absolute Gasteiger partial charge is 0.497 e. The van der Waals surface area contributed by atoms with Gasteiger partial charge in [0.25, 0.3) is 0 Å². The lowest BCUT2D eigenvalue weighted by Gasteiger charge is -2.13. The maximum atomic E-state index is 11.1. The summed E-state index contributed by atoms with van der Waals surface area (Å²) in [5.74, 6) is 1.59. The van der Waals surface area contributed by atoms with Gasteiger partial charge in [-0.15, -0.1) is 0 Å². The van der Waals surface area contributed by atoms with Gasteiger partial charge < -0.3 is 14.2 Å². The molecule has 0 saturated carbocycles. The second-order valence-electron chi connectivity index (χ2n) is 4.28. The van der Waals surface area contributed by atoms with Gasteiger partial charge in [-0.2, -0.15) is 0 Å². The van der Waals surface area contributed by atoms with Crippen LogP contribution in [-0.2, 0) is 6.61 Å². The molecule has 0 aliphatic carbocycles. The van der Waals surface area contributed by atoms with E-state index in [1.54, 1.807) is 19.2 Å². The first-order valence-electron chi connectivity index (χ1n) is 6.26. The zero-order chi connectivity index (χ0) is 15.2. The third kappa shape index (κ3) is 3.67. The maximum absolute atomic E-state index is 11.1. The van der Waals surface area contributed by atoms with Crippen molar-refractivity contribution in [2.45, 2.75) is 6.61 Å². The third-order valence-electron chi connectivity index (χ3n) is 2.94. The molecule has 0 N–H and O–H groups in total. The third-order valence-corrected chi connectivity index (χ3v) is 3.16. The molecule has 0 unspecified atom stereocenters. The Balaban J connectivity index is 2.20. The van der Waals surface area contributed by atoms with Crippen molar-refractivity contribution in [1.82, 2.24) is 0 Å². The van der Waals surface area contributed by atoms with Crippen molar-refractivity contribution < 1.29 is 19.0 Å². The number of carbonyl (C=O) groups excluding carboxylic acids is 1. The number of benzene rings is 2. The summed E-state index contributed by atoms with van der Waals surface area (Å²) < 4.78 is 16.0. The molecule has 0 spiro atoms. The van der Waals surface area contributed by atoms with E-state index in [1.807, 2.05) is 24.3 Å². The zero-order valence-electron chi connectivity index (χ0n) is 11.8. The molecule has 0 atom stereocenters. The van der Waals surface area contributed by atoms with Crippen molar-refractivity contribution in [3.8, 4) is 17.2 Å². The van der Waals surface area contributed by atoms with Gasteiger partial charge in [0.2, 0.25) is 0 Å². The van der Waals surface area contributed by atoms with E-state index >= 15 is 0 Å². The summed E-state index contributed by atoms with van der Waals surface area (Å²) in [6.45, 7) is 0.308. The number of aldehydes is 1. The van der Waals surface area contributed by atoms with Crippen LogP contribution in [0.25, 0.3) is 0 Å². The molecule has 0 fully saturated rings. The Morgan fingerprint density at radius 2 is 1.81 bits per heavy atom. The molecule has 21 heavy (non-hydrogen) atoms. The molecule has 0 bridgehead atoms. The minimum Gasteiger partial charge on any atom is -0.497 e. The first-order valence-corrected chi connectivity index (χ1v) is 6.64. The predicted molar refractivity (Wildman–Crippen MR) is 80.7 cm³/mol. The molecule has 4 nitrogen and oxygen atoms in total. The van der Waals surface area contributed by atoms with Crippen molar-refractivity contribution >= 4 is 17.9 Å². The summed E-state index contributed by atoms with van der Waals surface area (Å²) in [6, 6.07) is 10.6. The average molecular weight is 307 g/mol. The zero-order valence-corrected chi connectivity index (χ0v) is 12.5. The van der Waals surface area contributed by atoms with Crippen LogP contribution in [0.5, 0.6) is 17.2 Å². The summed E-state index contributed by atoms with van der Waals surface area (Å²) >= 11 is 5.92. The van der Waals surface area contributed by atoms with Crippen LogP contribution in [0.4, 0.5) is 0 Å². The Labute approximate surface area is 128 Å². The molecule has 2 aromatic carbocycles. The molecule has 110 valence electrons. The maximum Gasteiger partial charge on any atom is 0.172 e. The molecule has 5 heteroatoms. The van der Waals surface area contributed by atoms with Crippen LogP contribution in [0, 0.1) is 0 Å². The highest BCUT2D eigenvalue weighted by atomic mass is 35.5. The van der Waals surface area contributed by atoms with Crippen LogP contribution in [0.3, 0.4) is 0 Å². The summed E-state index contributed by atoms with van der Waals surface area (Å²) in [5, 5.41) is 0.422. The normalized spacial score (nSPS) is 10.0. The first kappa shape index (κ1) is 15.2. The van der Waals surface area contributed by atoms with Crippen LogP contribution >= 0.6 is 11.6 Å². The number of hydrogen-bond acceptors (Lipinski definition) is 4. The molecule has 0 aliphatic rings. The Morgan fingerprint density at radius 1 is 1.10 bits per heavy atom. The van der Waals surface area contributed by atoms with E-state index in [9.17, 15) is 4.79 Å². The van der Waals surface area contributed by atoms with E-state index in [2.05, 4.69) is 0 Å². The van der Waals surface area contributed by atoms with E-state index in [-0.39, 0.29) is 0 Å². The second kappa shape index (κ2) is 6.99. The molecule has 0 radical (unpaired) electrons. The van der Waals surface area contributed by atoms with Crippen LogP contribution in [-0.4, -0.2) is 20.5 Å². The van der Waals surface area contributed by atoms with Crippen molar-refractivity contribution in [2.75, 3.05) is 14.2 Å². The number of carbonyl (C=O) groups is 1. The van der Waals surface area contributed by atoms with Gasteiger partial charge >= 0.3 is 0 Å². The Bertz CT molecular complexity index is 623. The highest BCUT2D eigenvalue weighted by Crippen LogP contribution is 2.34. The van der Waals surface area contributed by atoms with Gasteiger partial charge in [-0.3, -0.25) is 4.79 Å². The Kier molecular flexibility index (Phi) is 5.06. The predicted octanol–water partition coefficient (Wildman–Crippen LogP) is 3.75. The van der Waals surface area contributed by atoms with E-state index < -0.39 is 0 Å². The summed E-state index contributed by atoms with van der Waals surface area (Å²) in [7, 11) is 3.11. The molecule has 0 heterocycles. The highest BCUT2D eigenvalue weighted by Gasteiger charge is 2.12. The van der Waals surface area contributed by atoms with Crippen molar-refractivity contribution in [3.05, 3.63) is 52.5 Å². The summed E-state index contributed by atoms with van der Waals surface area (Å²) in [4.78, 5) is 11.1. The van der Waals surface area contributed by atoms with Crippen LogP contribution in [0.2, 0.25) is 5.02 Å². The van der Waals surface area contributed by atoms with Crippen LogP contribution < -0.4 is 14.2 Å².